The van der Waals surface area contributed by atoms with Gasteiger partial charge in [0.25, 0.3) is 0 Å². The van der Waals surface area contributed by atoms with Crippen molar-refractivity contribution in [2.75, 3.05) is 18.8 Å². The lowest BCUT2D eigenvalue weighted by Gasteiger charge is -2.39. The Kier molecular flexibility index (Phi) is 4.31. The van der Waals surface area contributed by atoms with Gasteiger partial charge in [-0.05, 0) is 37.0 Å². The average Bonchev–Trinajstić information content (AvgIpc) is 2.80. The fourth-order valence-electron chi connectivity index (χ4n) is 5.11. The van der Waals surface area contributed by atoms with E-state index in [1.54, 1.807) is 0 Å². The van der Waals surface area contributed by atoms with Crippen molar-refractivity contribution in [3.63, 3.8) is 0 Å². The summed E-state index contributed by atoms with van der Waals surface area (Å²) in [6, 6.07) is -0.132. The number of ketones is 1. The molecule has 0 spiro atoms. The summed E-state index contributed by atoms with van der Waals surface area (Å²) in [5.74, 6) is 0.231. The first-order chi connectivity index (χ1) is 11.1. The number of amides is 1. The summed E-state index contributed by atoms with van der Waals surface area (Å²) in [7, 11) is -3.52. The third kappa shape index (κ3) is 2.69. The van der Waals surface area contributed by atoms with Crippen LogP contribution < -0.4 is 5.32 Å². The van der Waals surface area contributed by atoms with E-state index in [0.717, 1.165) is 19.3 Å². The average molecular weight is 356 g/mol. The Morgan fingerprint density at radius 3 is 2.58 bits per heavy atom. The summed E-state index contributed by atoms with van der Waals surface area (Å²) in [5, 5.41) is 2.82. The summed E-state index contributed by atoms with van der Waals surface area (Å²) in [6.45, 7) is 6.36. The van der Waals surface area contributed by atoms with Crippen LogP contribution in [-0.4, -0.2) is 49.3 Å². The number of fused-ring (bicyclic) bond motifs is 2. The van der Waals surface area contributed by atoms with Crippen LogP contribution in [0.4, 0.5) is 0 Å². The van der Waals surface area contributed by atoms with Gasteiger partial charge in [0.2, 0.25) is 15.9 Å². The second-order valence-corrected chi connectivity index (χ2v) is 10.3. The van der Waals surface area contributed by atoms with Crippen LogP contribution in [0.3, 0.4) is 0 Å². The highest BCUT2D eigenvalue weighted by molar-refractivity contribution is 7.89. The van der Waals surface area contributed by atoms with Crippen molar-refractivity contribution in [3.05, 3.63) is 0 Å². The number of sulfonamides is 1. The number of Topliss-reactive ketones (excluding diaryl/α,β-unsaturated/α-hetero) is 1. The first-order valence-corrected chi connectivity index (χ1v) is 10.5. The second-order valence-electron chi connectivity index (χ2n) is 8.32. The molecule has 3 aliphatic rings. The highest BCUT2D eigenvalue weighted by Crippen LogP contribution is 2.64. The third-order valence-corrected chi connectivity index (χ3v) is 8.73. The van der Waals surface area contributed by atoms with E-state index in [2.05, 4.69) is 19.2 Å². The molecule has 3 rings (SSSR count). The van der Waals surface area contributed by atoms with E-state index in [0.29, 0.717) is 31.8 Å². The first-order valence-electron chi connectivity index (χ1n) is 8.87. The van der Waals surface area contributed by atoms with Gasteiger partial charge in [0.05, 0.1) is 5.75 Å². The minimum Gasteiger partial charge on any atom is -0.352 e. The van der Waals surface area contributed by atoms with Crippen LogP contribution in [0.2, 0.25) is 0 Å². The van der Waals surface area contributed by atoms with Gasteiger partial charge in [0.1, 0.15) is 5.78 Å². The number of nitrogens with one attached hydrogen (secondary N) is 1. The summed E-state index contributed by atoms with van der Waals surface area (Å²) in [4.78, 5) is 23.9. The first kappa shape index (κ1) is 17.9. The van der Waals surface area contributed by atoms with Gasteiger partial charge in [-0.15, -0.1) is 0 Å². The van der Waals surface area contributed by atoms with E-state index < -0.39 is 15.4 Å². The van der Waals surface area contributed by atoms with Crippen molar-refractivity contribution >= 4 is 21.7 Å². The predicted octanol–water partition coefficient (Wildman–Crippen LogP) is 1.31. The lowest BCUT2D eigenvalue weighted by Crippen LogP contribution is -2.52. The van der Waals surface area contributed by atoms with E-state index in [4.69, 9.17) is 0 Å². The Morgan fingerprint density at radius 1 is 1.33 bits per heavy atom. The Hall–Kier alpha value is -0.950. The topological polar surface area (TPSA) is 83.6 Å². The molecule has 1 aliphatic heterocycles. The van der Waals surface area contributed by atoms with Crippen LogP contribution in [0.1, 0.15) is 52.9 Å². The predicted molar refractivity (Wildman–Crippen MR) is 90.8 cm³/mol. The van der Waals surface area contributed by atoms with Crippen LogP contribution in [0.15, 0.2) is 0 Å². The van der Waals surface area contributed by atoms with Crippen molar-refractivity contribution < 1.29 is 18.0 Å². The van der Waals surface area contributed by atoms with Gasteiger partial charge in [0, 0.05) is 37.9 Å². The van der Waals surface area contributed by atoms with Crippen molar-refractivity contribution in [1.29, 1.82) is 0 Å². The fraction of sp³-hybridized carbons (Fsp3) is 0.882. The summed E-state index contributed by atoms with van der Waals surface area (Å²) in [5.41, 5.74) is -0.971. The molecule has 136 valence electrons. The van der Waals surface area contributed by atoms with Crippen LogP contribution in [0.5, 0.6) is 0 Å². The molecule has 24 heavy (non-hydrogen) atoms. The van der Waals surface area contributed by atoms with E-state index in [1.165, 1.54) is 11.2 Å². The Bertz CT molecular complexity index is 658. The molecule has 1 amide bonds. The Labute approximate surface area is 144 Å². The van der Waals surface area contributed by atoms with E-state index in [9.17, 15) is 18.0 Å². The normalized spacial score (nSPS) is 36.0. The maximum absolute atomic E-state index is 13.0. The van der Waals surface area contributed by atoms with Crippen LogP contribution in [0.25, 0.3) is 0 Å². The number of nitrogens with zero attached hydrogens (tertiary/aromatic N) is 1. The SMILES string of the molecule is CC(=O)N[C@@H]1CCCN(S(=O)(=O)C[C@@]23CC[C@@H](CC2=O)C3(C)C)C1. The van der Waals surface area contributed by atoms with E-state index in [-0.39, 0.29) is 28.9 Å². The summed E-state index contributed by atoms with van der Waals surface area (Å²) in [6.07, 6.45) is 3.69. The Morgan fingerprint density at radius 2 is 2.04 bits per heavy atom. The zero-order valence-electron chi connectivity index (χ0n) is 14.8. The number of carbonyl (C=O) groups is 2. The van der Waals surface area contributed by atoms with Gasteiger partial charge in [-0.3, -0.25) is 9.59 Å². The molecule has 0 aromatic carbocycles. The molecule has 0 aromatic rings. The van der Waals surface area contributed by atoms with Crippen molar-refractivity contribution in [2.24, 2.45) is 16.7 Å². The summed E-state index contributed by atoms with van der Waals surface area (Å²) < 4.78 is 27.6. The molecule has 2 aliphatic carbocycles. The monoisotopic (exact) mass is 356 g/mol. The van der Waals surface area contributed by atoms with Crippen LogP contribution in [0, 0.1) is 16.7 Å². The van der Waals surface area contributed by atoms with Gasteiger partial charge < -0.3 is 5.32 Å². The second kappa shape index (κ2) is 5.80. The molecule has 3 fully saturated rings. The highest BCUT2D eigenvalue weighted by Gasteiger charge is 2.65. The lowest BCUT2D eigenvalue weighted by molar-refractivity contribution is -0.128. The highest BCUT2D eigenvalue weighted by atomic mass is 32.2. The molecule has 6 nitrogen and oxygen atoms in total. The lowest BCUT2D eigenvalue weighted by atomic mass is 9.70. The number of hydrogen-bond donors (Lipinski definition) is 1. The molecule has 2 bridgehead atoms. The zero-order chi connectivity index (χ0) is 17.8. The van der Waals surface area contributed by atoms with E-state index in [1.807, 2.05) is 0 Å². The molecule has 2 saturated carbocycles. The molecule has 7 heteroatoms. The van der Waals surface area contributed by atoms with Gasteiger partial charge >= 0.3 is 0 Å². The minimum atomic E-state index is -3.52. The quantitative estimate of drug-likeness (QED) is 0.823. The minimum absolute atomic E-state index is 0.0743. The van der Waals surface area contributed by atoms with Gasteiger partial charge in [-0.1, -0.05) is 13.8 Å². The molecule has 0 aromatic heterocycles. The molecule has 3 atom stereocenters. The number of carbonyl (C=O) groups excluding carboxylic acids is 2. The molecule has 1 N–H and O–H groups in total. The molecule has 1 saturated heterocycles. The van der Waals surface area contributed by atoms with Crippen molar-refractivity contribution in [3.8, 4) is 0 Å². The van der Waals surface area contributed by atoms with Crippen LogP contribution in [-0.2, 0) is 19.6 Å². The fourth-order valence-corrected chi connectivity index (χ4v) is 7.41. The van der Waals surface area contributed by atoms with Gasteiger partial charge in [-0.2, -0.15) is 4.31 Å². The zero-order valence-corrected chi connectivity index (χ0v) is 15.6. The molecule has 1 heterocycles. The largest absolute Gasteiger partial charge is 0.352 e. The number of hydrogen-bond acceptors (Lipinski definition) is 4. The maximum atomic E-state index is 13.0. The Balaban J connectivity index is 1.79. The molecule has 0 unspecified atom stereocenters. The number of piperidine rings is 1. The van der Waals surface area contributed by atoms with Crippen molar-refractivity contribution in [1.82, 2.24) is 9.62 Å². The molecular formula is C17H28N2O4S. The summed E-state index contributed by atoms with van der Waals surface area (Å²) >= 11 is 0. The molecule has 0 radical (unpaired) electrons. The standard InChI is InChI=1S/C17H28N2O4S/c1-12(20)18-14-5-4-8-19(10-14)24(22,23)11-17-7-6-13(9-15(17)21)16(17,2)3/h13-14H,4-11H2,1-3H3,(H,18,20)/t13-,14+,17-/m0/s1. The number of rotatable bonds is 4. The smallest absolute Gasteiger partial charge is 0.217 e. The van der Waals surface area contributed by atoms with Gasteiger partial charge in [-0.25, -0.2) is 8.42 Å². The third-order valence-electron chi connectivity index (χ3n) is 6.75. The maximum Gasteiger partial charge on any atom is 0.217 e. The van der Waals surface area contributed by atoms with Crippen molar-refractivity contribution in [2.45, 2.75) is 58.9 Å². The van der Waals surface area contributed by atoms with Crippen LogP contribution >= 0.6 is 0 Å². The van der Waals surface area contributed by atoms with Gasteiger partial charge in [0.15, 0.2) is 0 Å². The molecular weight excluding hydrogens is 328 g/mol. The van der Waals surface area contributed by atoms with E-state index >= 15 is 0 Å².